The number of amides is 3. The third-order valence-electron chi connectivity index (χ3n) is 6.55. The first-order valence-corrected chi connectivity index (χ1v) is 14.0. The molecule has 0 saturated carbocycles. The summed E-state index contributed by atoms with van der Waals surface area (Å²) in [4.78, 5) is 64.0. The lowest BCUT2D eigenvalue weighted by atomic mass is 10.1. The fourth-order valence-corrected chi connectivity index (χ4v) is 4.10. The van der Waals surface area contributed by atoms with Gasteiger partial charge in [-0.3, -0.25) is 24.0 Å². The van der Waals surface area contributed by atoms with Crippen LogP contribution in [0.15, 0.2) is 85.1 Å². The SMILES string of the molecule is C=C1C=CC(=O)N1CC(C(=O)NCCOCCNC(=O)C(CC)C(=O)OCc1ccccc1)C(=O)OCc1ccccc1. The number of nitrogens with zero attached hydrogens (tertiary/aromatic N) is 1. The molecule has 2 unspecified atom stereocenters. The van der Waals surface area contributed by atoms with Crippen LogP contribution in [0.25, 0.3) is 0 Å². The van der Waals surface area contributed by atoms with Gasteiger partial charge in [0, 0.05) is 31.4 Å². The number of carbonyl (C=O) groups is 5. The summed E-state index contributed by atoms with van der Waals surface area (Å²) in [6.45, 7) is 5.80. The monoisotopic (exact) mass is 591 g/mol. The van der Waals surface area contributed by atoms with Crippen LogP contribution in [0, 0.1) is 11.8 Å². The van der Waals surface area contributed by atoms with Gasteiger partial charge in [-0.05, 0) is 23.6 Å². The predicted molar refractivity (Wildman–Crippen MR) is 157 cm³/mol. The highest BCUT2D eigenvalue weighted by Crippen LogP contribution is 2.17. The molecule has 0 fully saturated rings. The van der Waals surface area contributed by atoms with Crippen molar-refractivity contribution in [1.29, 1.82) is 0 Å². The number of ether oxygens (including phenoxy) is 3. The lowest BCUT2D eigenvalue weighted by molar-refractivity contribution is -0.155. The zero-order valence-electron chi connectivity index (χ0n) is 24.2. The molecule has 11 heteroatoms. The molecular formula is C32H37N3O8. The van der Waals surface area contributed by atoms with Crippen LogP contribution in [0.5, 0.6) is 0 Å². The van der Waals surface area contributed by atoms with Gasteiger partial charge >= 0.3 is 11.9 Å². The highest BCUT2D eigenvalue weighted by atomic mass is 16.5. The molecule has 0 spiro atoms. The Balaban J connectivity index is 1.39. The third kappa shape index (κ3) is 10.5. The lowest BCUT2D eigenvalue weighted by Crippen LogP contribution is -2.44. The summed E-state index contributed by atoms with van der Waals surface area (Å²) >= 11 is 0. The summed E-state index contributed by atoms with van der Waals surface area (Å²) < 4.78 is 16.1. The van der Waals surface area contributed by atoms with Crippen molar-refractivity contribution in [2.45, 2.75) is 26.6 Å². The first kappa shape index (κ1) is 32.7. The molecule has 0 saturated heterocycles. The van der Waals surface area contributed by atoms with Gasteiger partial charge in [-0.15, -0.1) is 0 Å². The molecule has 3 rings (SSSR count). The molecule has 2 atom stereocenters. The molecule has 0 radical (unpaired) electrons. The Hall–Kier alpha value is -4.77. The van der Waals surface area contributed by atoms with Gasteiger partial charge in [0.25, 0.3) is 5.91 Å². The molecule has 1 aliphatic heterocycles. The number of allylic oxidation sites excluding steroid dienone is 1. The smallest absolute Gasteiger partial charge is 0.320 e. The molecule has 1 aliphatic rings. The van der Waals surface area contributed by atoms with Crippen molar-refractivity contribution in [3.63, 3.8) is 0 Å². The zero-order valence-corrected chi connectivity index (χ0v) is 24.2. The van der Waals surface area contributed by atoms with Crippen LogP contribution >= 0.6 is 0 Å². The number of carbonyl (C=O) groups excluding carboxylic acids is 5. The van der Waals surface area contributed by atoms with E-state index in [0.29, 0.717) is 5.70 Å². The van der Waals surface area contributed by atoms with Crippen molar-refractivity contribution in [2.24, 2.45) is 11.8 Å². The minimum atomic E-state index is -1.28. The van der Waals surface area contributed by atoms with E-state index in [4.69, 9.17) is 14.2 Å². The number of nitrogens with one attached hydrogen (secondary N) is 2. The zero-order chi connectivity index (χ0) is 31.0. The Kier molecular flexibility index (Phi) is 13.1. The summed E-state index contributed by atoms with van der Waals surface area (Å²) in [5.41, 5.74) is 1.96. The maximum atomic E-state index is 12.9. The first-order valence-electron chi connectivity index (χ1n) is 14.0. The van der Waals surface area contributed by atoms with Gasteiger partial charge in [0.15, 0.2) is 5.92 Å². The Morgan fingerprint density at radius 1 is 0.767 bits per heavy atom. The Morgan fingerprint density at radius 2 is 1.26 bits per heavy atom. The highest BCUT2D eigenvalue weighted by Gasteiger charge is 2.33. The normalized spacial score (nSPS) is 13.7. The Morgan fingerprint density at radius 3 is 1.72 bits per heavy atom. The summed E-state index contributed by atoms with van der Waals surface area (Å²) in [5.74, 6) is -5.04. The van der Waals surface area contributed by atoms with Gasteiger partial charge < -0.3 is 29.7 Å². The topological polar surface area (TPSA) is 140 Å². The van der Waals surface area contributed by atoms with Crippen molar-refractivity contribution < 1.29 is 38.2 Å². The molecule has 11 nitrogen and oxygen atoms in total. The minimum absolute atomic E-state index is 0.0188. The maximum Gasteiger partial charge on any atom is 0.320 e. The number of benzene rings is 2. The van der Waals surface area contributed by atoms with Crippen LogP contribution in [-0.4, -0.2) is 67.4 Å². The Bertz CT molecular complexity index is 1280. The van der Waals surface area contributed by atoms with Crippen LogP contribution < -0.4 is 10.6 Å². The van der Waals surface area contributed by atoms with E-state index in [0.717, 1.165) is 11.1 Å². The van der Waals surface area contributed by atoms with Crippen molar-refractivity contribution in [3.05, 3.63) is 96.2 Å². The van der Waals surface area contributed by atoms with Crippen LogP contribution in [0.3, 0.4) is 0 Å². The van der Waals surface area contributed by atoms with E-state index in [-0.39, 0.29) is 58.4 Å². The van der Waals surface area contributed by atoms with Crippen molar-refractivity contribution in [1.82, 2.24) is 15.5 Å². The lowest BCUT2D eigenvalue weighted by Gasteiger charge is -2.23. The van der Waals surface area contributed by atoms with Crippen LogP contribution in [0.2, 0.25) is 0 Å². The molecule has 0 bridgehead atoms. The molecule has 0 aromatic heterocycles. The quantitative estimate of drug-likeness (QED) is 0.162. The van der Waals surface area contributed by atoms with E-state index in [1.807, 2.05) is 36.4 Å². The molecule has 2 aromatic rings. The van der Waals surface area contributed by atoms with Crippen LogP contribution in [0.4, 0.5) is 0 Å². The molecule has 2 aromatic carbocycles. The summed E-state index contributed by atoms with van der Waals surface area (Å²) in [5, 5.41) is 5.29. The number of rotatable bonds is 17. The minimum Gasteiger partial charge on any atom is -0.460 e. The van der Waals surface area contributed by atoms with Crippen molar-refractivity contribution in [2.75, 3.05) is 32.8 Å². The van der Waals surface area contributed by atoms with Crippen LogP contribution in [-0.2, 0) is 51.4 Å². The van der Waals surface area contributed by atoms with Gasteiger partial charge in [-0.25, -0.2) is 0 Å². The number of hydrogen-bond acceptors (Lipinski definition) is 8. The molecule has 3 amide bonds. The summed E-state index contributed by atoms with van der Waals surface area (Å²) in [7, 11) is 0. The molecular weight excluding hydrogens is 554 g/mol. The number of hydrogen-bond donors (Lipinski definition) is 2. The maximum absolute atomic E-state index is 12.9. The van der Waals surface area contributed by atoms with Crippen LogP contribution in [0.1, 0.15) is 24.5 Å². The summed E-state index contributed by atoms with van der Waals surface area (Å²) in [6.07, 6.45) is 3.11. The average Bonchev–Trinajstić information content (AvgIpc) is 3.34. The van der Waals surface area contributed by atoms with Gasteiger partial charge in [0.1, 0.15) is 19.1 Å². The largest absolute Gasteiger partial charge is 0.460 e. The van der Waals surface area contributed by atoms with Gasteiger partial charge in [0.05, 0.1) is 13.2 Å². The van der Waals surface area contributed by atoms with E-state index in [1.54, 1.807) is 31.2 Å². The Labute approximate surface area is 250 Å². The molecule has 43 heavy (non-hydrogen) atoms. The second-order valence-corrected chi connectivity index (χ2v) is 9.67. The van der Waals surface area contributed by atoms with Crippen molar-refractivity contribution >= 4 is 29.7 Å². The summed E-state index contributed by atoms with van der Waals surface area (Å²) in [6, 6.07) is 18.2. The fourth-order valence-electron chi connectivity index (χ4n) is 4.10. The van der Waals surface area contributed by atoms with Gasteiger partial charge in [-0.2, -0.15) is 0 Å². The molecule has 1 heterocycles. The van der Waals surface area contributed by atoms with Gasteiger partial charge in [0.2, 0.25) is 11.8 Å². The van der Waals surface area contributed by atoms with E-state index < -0.39 is 35.6 Å². The first-order chi connectivity index (χ1) is 20.8. The standard InChI is InChI=1S/C32H37N3O8/c1-3-26(31(39)42-21-24-10-6-4-7-11-24)29(37)33-16-18-41-19-17-34-30(38)27(20-35-23(2)14-15-28(35)36)32(40)43-22-25-12-8-5-9-13-25/h4-15,26-27H,2-3,16-22H2,1H3,(H,33,37)(H,34,38). The highest BCUT2D eigenvalue weighted by molar-refractivity contribution is 6.00. The third-order valence-corrected chi connectivity index (χ3v) is 6.55. The van der Waals surface area contributed by atoms with E-state index in [2.05, 4.69) is 17.2 Å². The number of esters is 2. The molecule has 2 N–H and O–H groups in total. The molecule has 0 aliphatic carbocycles. The fraction of sp³-hybridized carbons (Fsp3) is 0.344. The van der Waals surface area contributed by atoms with Crippen molar-refractivity contribution in [3.8, 4) is 0 Å². The second kappa shape index (κ2) is 17.2. The predicted octanol–water partition coefficient (Wildman–Crippen LogP) is 2.28. The van der Waals surface area contributed by atoms with E-state index in [1.165, 1.54) is 17.1 Å². The average molecular weight is 592 g/mol. The van der Waals surface area contributed by atoms with Gasteiger partial charge in [-0.1, -0.05) is 74.2 Å². The van der Waals surface area contributed by atoms with E-state index in [9.17, 15) is 24.0 Å². The van der Waals surface area contributed by atoms with E-state index >= 15 is 0 Å². The molecule has 228 valence electrons. The second-order valence-electron chi connectivity index (χ2n) is 9.67.